The Morgan fingerprint density at radius 1 is 1.00 bits per heavy atom. The van der Waals surface area contributed by atoms with Crippen molar-refractivity contribution in [2.45, 2.75) is 65.8 Å². The minimum atomic E-state index is -0.284. The molecule has 0 aliphatic carbocycles. The van der Waals surface area contributed by atoms with Gasteiger partial charge in [-0.05, 0) is 31.6 Å². The fourth-order valence-corrected chi connectivity index (χ4v) is 3.64. The lowest BCUT2D eigenvalue weighted by Crippen LogP contribution is -2.44. The van der Waals surface area contributed by atoms with Crippen molar-refractivity contribution in [1.82, 2.24) is 24.3 Å². The molecule has 3 heterocycles. The highest BCUT2D eigenvalue weighted by Gasteiger charge is 2.16. The first-order chi connectivity index (χ1) is 13.4. The summed E-state index contributed by atoms with van der Waals surface area (Å²) in [5, 5.41) is 8.48. The van der Waals surface area contributed by atoms with Gasteiger partial charge < -0.3 is 0 Å². The predicted molar refractivity (Wildman–Crippen MR) is 113 cm³/mol. The van der Waals surface area contributed by atoms with Crippen LogP contribution in [0.3, 0.4) is 0 Å². The number of rotatable bonds is 8. The van der Waals surface area contributed by atoms with E-state index in [1.165, 1.54) is 28.8 Å². The summed E-state index contributed by atoms with van der Waals surface area (Å²) < 4.78 is 1.62. The van der Waals surface area contributed by atoms with Crippen LogP contribution in [0.4, 0.5) is 0 Å². The average Bonchev–Trinajstić information content (AvgIpc) is 3.17. The van der Waals surface area contributed by atoms with Gasteiger partial charge in [-0.1, -0.05) is 52.2 Å². The Balaban J connectivity index is 2.07. The zero-order chi connectivity index (χ0) is 20.4. The number of H-pyrrole nitrogens is 1. The van der Waals surface area contributed by atoms with E-state index in [-0.39, 0.29) is 16.3 Å². The second-order valence-electron chi connectivity index (χ2n) is 7.45. The Morgan fingerprint density at radius 2 is 1.68 bits per heavy atom. The quantitative estimate of drug-likeness (QED) is 0.603. The van der Waals surface area contributed by atoms with Crippen LogP contribution >= 0.6 is 0 Å². The Morgan fingerprint density at radius 3 is 2.32 bits per heavy atom. The van der Waals surface area contributed by atoms with Gasteiger partial charge in [-0.15, -0.1) is 4.79 Å². The fraction of sp³-hybridized carbons (Fsp3) is 0.476. The molecule has 3 rings (SSSR count). The minimum absolute atomic E-state index is 0.201. The van der Waals surface area contributed by atoms with Gasteiger partial charge in [0.1, 0.15) is 5.65 Å². The van der Waals surface area contributed by atoms with E-state index in [4.69, 9.17) is 0 Å². The highest BCUT2D eigenvalue weighted by molar-refractivity contribution is 5.75. The van der Waals surface area contributed by atoms with Crippen molar-refractivity contribution in [2.75, 3.05) is 0 Å². The summed E-state index contributed by atoms with van der Waals surface area (Å²) in [5.74, 6) is 0. The van der Waals surface area contributed by atoms with Crippen molar-refractivity contribution in [3.8, 4) is 0 Å². The Kier molecular flexibility index (Phi) is 5.72. The number of hydrogen-bond acceptors (Lipinski definition) is 3. The predicted octanol–water partition coefficient (Wildman–Crippen LogP) is 1.80. The first kappa shape index (κ1) is 19.9. The van der Waals surface area contributed by atoms with E-state index in [1.54, 1.807) is 4.57 Å². The number of aryl methyl sites for hydroxylation is 3. The third kappa shape index (κ3) is 3.48. The van der Waals surface area contributed by atoms with Gasteiger partial charge in [0.05, 0.1) is 16.8 Å². The molecule has 0 aliphatic rings. The van der Waals surface area contributed by atoms with Crippen LogP contribution in [0.2, 0.25) is 0 Å². The van der Waals surface area contributed by atoms with Crippen LogP contribution in [-0.4, -0.2) is 24.3 Å². The minimum Gasteiger partial charge on any atom is -0.292 e. The summed E-state index contributed by atoms with van der Waals surface area (Å²) in [6, 6.07) is 1.89. The number of nitrogens with zero attached hydrogens (tertiary/aromatic N) is 4. The summed E-state index contributed by atoms with van der Waals surface area (Å²) >= 11 is 0. The molecule has 28 heavy (non-hydrogen) atoms. The van der Waals surface area contributed by atoms with Crippen LogP contribution in [0.25, 0.3) is 24.2 Å². The number of aromatic amines is 1. The first-order valence-electron chi connectivity index (χ1n) is 9.96. The van der Waals surface area contributed by atoms with Crippen molar-refractivity contribution in [3.63, 3.8) is 0 Å². The normalized spacial score (nSPS) is 11.5. The van der Waals surface area contributed by atoms with Gasteiger partial charge in [0.15, 0.2) is 0 Å². The number of aromatic nitrogens is 5. The molecular weight excluding hydrogens is 354 g/mol. The van der Waals surface area contributed by atoms with E-state index in [9.17, 15) is 9.59 Å². The Labute approximate surface area is 163 Å². The van der Waals surface area contributed by atoms with Crippen LogP contribution in [-0.2, 0) is 6.54 Å². The third-order valence-corrected chi connectivity index (χ3v) is 5.20. The van der Waals surface area contributed by atoms with Gasteiger partial charge in [0, 0.05) is 11.8 Å². The van der Waals surface area contributed by atoms with E-state index in [1.807, 2.05) is 19.9 Å². The largest absolute Gasteiger partial charge is 0.297 e. The monoisotopic (exact) mass is 383 g/mol. The molecule has 0 aromatic carbocycles. The Bertz CT molecular complexity index is 1210. The average molecular weight is 383 g/mol. The molecule has 150 valence electrons. The van der Waals surface area contributed by atoms with E-state index in [0.717, 1.165) is 30.7 Å². The molecule has 7 heteroatoms. The molecule has 1 N–H and O–H groups in total. The summed E-state index contributed by atoms with van der Waals surface area (Å²) in [6.45, 7) is 14.3. The molecule has 3 aromatic rings. The number of hydrogen-bond donors (Lipinski definition) is 1. The lowest BCUT2D eigenvalue weighted by molar-refractivity contribution is 0.478. The van der Waals surface area contributed by atoms with Gasteiger partial charge in [-0.3, -0.25) is 19.3 Å². The molecular formula is C21H29N5O2. The molecule has 0 saturated heterocycles. The zero-order valence-electron chi connectivity index (χ0n) is 17.0. The zero-order valence-corrected chi connectivity index (χ0v) is 17.0. The van der Waals surface area contributed by atoms with Gasteiger partial charge in [-0.2, -0.15) is 9.89 Å². The van der Waals surface area contributed by atoms with Crippen molar-refractivity contribution in [2.24, 2.45) is 0 Å². The third-order valence-electron chi connectivity index (χ3n) is 5.20. The maximum Gasteiger partial charge on any atom is 0.297 e. The van der Waals surface area contributed by atoms with Gasteiger partial charge in [0.25, 0.3) is 11.1 Å². The maximum absolute atomic E-state index is 13.1. The van der Waals surface area contributed by atoms with Crippen molar-refractivity contribution < 1.29 is 0 Å². The smallest absolute Gasteiger partial charge is 0.292 e. The molecule has 0 fully saturated rings. The number of unbranched alkanes of at least 4 members (excludes halogenated alkanes) is 5. The van der Waals surface area contributed by atoms with Gasteiger partial charge >= 0.3 is 0 Å². The Hall–Kier alpha value is -2.83. The first-order valence-corrected chi connectivity index (χ1v) is 9.96. The van der Waals surface area contributed by atoms with Crippen molar-refractivity contribution in [3.05, 3.63) is 48.6 Å². The van der Waals surface area contributed by atoms with Gasteiger partial charge in [-0.25, -0.2) is 0 Å². The molecule has 0 unspecified atom stereocenters. The van der Waals surface area contributed by atoms with Crippen LogP contribution in [0, 0.1) is 13.8 Å². The topological polar surface area (TPSA) is 77.6 Å². The molecule has 0 amide bonds. The summed E-state index contributed by atoms with van der Waals surface area (Å²) in [7, 11) is 0. The highest BCUT2D eigenvalue weighted by Crippen LogP contribution is 2.08. The lowest BCUT2D eigenvalue weighted by atomic mass is 10.1. The fourth-order valence-electron chi connectivity index (χ4n) is 3.64. The van der Waals surface area contributed by atoms with Gasteiger partial charge in [0.2, 0.25) is 0 Å². The van der Waals surface area contributed by atoms with Crippen molar-refractivity contribution >= 4 is 24.2 Å². The number of pyridine rings is 1. The van der Waals surface area contributed by atoms with Crippen LogP contribution in [0.5, 0.6) is 0 Å². The number of fused-ring (bicyclic) bond motifs is 1. The molecule has 7 nitrogen and oxygen atoms in total. The molecule has 3 aromatic heterocycles. The maximum atomic E-state index is 13.1. The second kappa shape index (κ2) is 8.04. The molecule has 0 radical (unpaired) electrons. The molecule has 0 aliphatic heterocycles. The van der Waals surface area contributed by atoms with Crippen LogP contribution in [0.15, 0.2) is 15.7 Å². The van der Waals surface area contributed by atoms with E-state index in [2.05, 4.69) is 30.3 Å². The van der Waals surface area contributed by atoms with Crippen LogP contribution in [0.1, 0.15) is 56.8 Å². The second-order valence-corrected chi connectivity index (χ2v) is 7.45. The highest BCUT2D eigenvalue weighted by atomic mass is 16.2. The van der Waals surface area contributed by atoms with Crippen molar-refractivity contribution in [1.29, 1.82) is 0 Å². The van der Waals surface area contributed by atoms with E-state index >= 15 is 0 Å². The van der Waals surface area contributed by atoms with E-state index in [0.29, 0.717) is 22.8 Å². The van der Waals surface area contributed by atoms with E-state index < -0.39 is 0 Å². The standard InChI is InChI=1S/C21H29N5O2/c1-6-7-8-9-10-11-12-24-19-18(16(4)17(5)20(24)27)21(28)26(23-19)25-15(3)13-14(2)22-25/h13,23H,4-12H2,1-3H3. The molecule has 0 atom stereocenters. The summed E-state index contributed by atoms with van der Waals surface area (Å²) in [5.41, 5.74) is 1.62. The van der Waals surface area contributed by atoms with Crippen LogP contribution < -0.4 is 21.6 Å². The number of nitrogens with one attached hydrogen (secondary N) is 1. The molecule has 0 bridgehead atoms. The summed E-state index contributed by atoms with van der Waals surface area (Å²) in [4.78, 5) is 28.7. The molecule has 0 saturated carbocycles. The summed E-state index contributed by atoms with van der Waals surface area (Å²) in [6.07, 6.45) is 6.74. The lowest BCUT2D eigenvalue weighted by Gasteiger charge is -2.08. The SMILES string of the molecule is C=c1c(=C)c2c(=O)n(-n3nc(C)cc3C)[nH]c2n(CCCCCCCC)c1=O. The molecule has 0 spiro atoms.